The van der Waals surface area contributed by atoms with E-state index in [1.165, 1.54) is 6.08 Å². The summed E-state index contributed by atoms with van der Waals surface area (Å²) >= 11 is 0. The average Bonchev–Trinajstić information content (AvgIpc) is 3.33. The van der Waals surface area contributed by atoms with Crippen LogP contribution in [0.1, 0.15) is 17.7 Å². The monoisotopic (exact) mass is 378 g/mol. The van der Waals surface area contributed by atoms with Crippen molar-refractivity contribution in [3.8, 4) is 0 Å². The normalized spacial score (nSPS) is 17.4. The van der Waals surface area contributed by atoms with Crippen LogP contribution in [0.15, 0.2) is 59.2 Å². The number of hydrogen-bond donors (Lipinski definition) is 3. The molecular formula is C21H22N4O3. The van der Waals surface area contributed by atoms with E-state index in [1.54, 1.807) is 17.8 Å². The Bertz CT molecular complexity index is 948. The summed E-state index contributed by atoms with van der Waals surface area (Å²) in [6.45, 7) is 2.74. The standard InChI is InChI=1S/C21H22N4O3/c26-21(24-27)8-6-15-5-7-20(22-12-15)23-17-9-10-25(13-17)14-18-11-16-3-1-2-4-19(16)28-18/h1-8,11-12,17,27H,9-10,13-14H2,(H,22,23)(H,24,26)/t17-/m1/s1. The Labute approximate surface area is 162 Å². The lowest BCUT2D eigenvalue weighted by Crippen LogP contribution is -2.26. The van der Waals surface area contributed by atoms with Crippen molar-refractivity contribution < 1.29 is 14.4 Å². The Kier molecular flexibility index (Phi) is 5.36. The van der Waals surface area contributed by atoms with Crippen molar-refractivity contribution in [3.63, 3.8) is 0 Å². The number of nitrogens with zero attached hydrogens (tertiary/aromatic N) is 2. The molecule has 3 N–H and O–H groups in total. The summed E-state index contributed by atoms with van der Waals surface area (Å²) in [6, 6.07) is 14.3. The molecule has 28 heavy (non-hydrogen) atoms. The van der Waals surface area contributed by atoms with E-state index in [2.05, 4.69) is 27.3 Å². The van der Waals surface area contributed by atoms with E-state index in [0.717, 1.165) is 54.2 Å². The Morgan fingerprint density at radius 2 is 2.21 bits per heavy atom. The van der Waals surface area contributed by atoms with Crippen LogP contribution in [0.4, 0.5) is 5.82 Å². The number of rotatable bonds is 6. The molecule has 7 nitrogen and oxygen atoms in total. The van der Waals surface area contributed by atoms with E-state index in [-0.39, 0.29) is 0 Å². The Balaban J connectivity index is 1.30. The van der Waals surface area contributed by atoms with Crippen molar-refractivity contribution >= 4 is 28.8 Å². The molecule has 0 spiro atoms. The highest BCUT2D eigenvalue weighted by Gasteiger charge is 2.23. The fourth-order valence-electron chi connectivity index (χ4n) is 3.44. The molecular weight excluding hydrogens is 356 g/mol. The van der Waals surface area contributed by atoms with Crippen LogP contribution in [-0.2, 0) is 11.3 Å². The summed E-state index contributed by atoms with van der Waals surface area (Å²) in [7, 11) is 0. The maximum atomic E-state index is 11.0. The number of furan rings is 1. The van der Waals surface area contributed by atoms with Gasteiger partial charge in [-0.3, -0.25) is 14.9 Å². The first-order valence-electron chi connectivity index (χ1n) is 9.24. The molecule has 1 aromatic carbocycles. The van der Waals surface area contributed by atoms with Gasteiger partial charge in [0.1, 0.15) is 17.2 Å². The predicted molar refractivity (Wildman–Crippen MR) is 107 cm³/mol. The third-order valence-corrected chi connectivity index (χ3v) is 4.80. The summed E-state index contributed by atoms with van der Waals surface area (Å²) in [5, 5.41) is 13.1. The molecule has 1 atom stereocenters. The minimum Gasteiger partial charge on any atom is -0.460 e. The van der Waals surface area contributed by atoms with Crippen LogP contribution in [0.3, 0.4) is 0 Å². The van der Waals surface area contributed by atoms with Crippen LogP contribution < -0.4 is 10.8 Å². The van der Waals surface area contributed by atoms with Crippen LogP contribution in [0, 0.1) is 0 Å². The van der Waals surface area contributed by atoms with Gasteiger partial charge in [0, 0.05) is 36.8 Å². The average molecular weight is 378 g/mol. The molecule has 1 saturated heterocycles. The van der Waals surface area contributed by atoms with Crippen molar-refractivity contribution in [1.82, 2.24) is 15.4 Å². The van der Waals surface area contributed by atoms with Gasteiger partial charge in [-0.1, -0.05) is 18.2 Å². The van der Waals surface area contributed by atoms with Gasteiger partial charge in [0.25, 0.3) is 5.91 Å². The van der Waals surface area contributed by atoms with Gasteiger partial charge >= 0.3 is 0 Å². The number of benzene rings is 1. The summed E-state index contributed by atoms with van der Waals surface area (Å²) < 4.78 is 5.92. The second-order valence-corrected chi connectivity index (χ2v) is 6.90. The second-order valence-electron chi connectivity index (χ2n) is 6.90. The SMILES string of the molecule is O=C(C=Cc1ccc(N[C@@H]2CCN(Cc3cc4ccccc4o3)C2)nc1)NO. The lowest BCUT2D eigenvalue weighted by molar-refractivity contribution is -0.124. The first-order valence-corrected chi connectivity index (χ1v) is 9.24. The number of hydrogen-bond acceptors (Lipinski definition) is 6. The van der Waals surface area contributed by atoms with Crippen molar-refractivity contribution in [1.29, 1.82) is 0 Å². The van der Waals surface area contributed by atoms with Crippen LogP contribution in [0.2, 0.25) is 0 Å². The lowest BCUT2D eigenvalue weighted by atomic mass is 10.2. The van der Waals surface area contributed by atoms with E-state index >= 15 is 0 Å². The number of nitrogens with one attached hydrogen (secondary N) is 2. The number of pyridine rings is 1. The van der Waals surface area contributed by atoms with E-state index < -0.39 is 5.91 Å². The van der Waals surface area contributed by atoms with Gasteiger partial charge in [-0.15, -0.1) is 0 Å². The van der Waals surface area contributed by atoms with Crippen LogP contribution >= 0.6 is 0 Å². The number of carbonyl (C=O) groups excluding carboxylic acids is 1. The molecule has 144 valence electrons. The minimum absolute atomic E-state index is 0.332. The Morgan fingerprint density at radius 1 is 1.32 bits per heavy atom. The lowest BCUT2D eigenvalue weighted by Gasteiger charge is -2.16. The predicted octanol–water partition coefficient (Wildman–Crippen LogP) is 3.03. The quantitative estimate of drug-likeness (QED) is 0.347. The summed E-state index contributed by atoms with van der Waals surface area (Å²) in [5.74, 6) is 1.22. The molecule has 3 aromatic rings. The van der Waals surface area contributed by atoms with Crippen molar-refractivity contribution in [3.05, 3.63) is 66.1 Å². The number of likely N-dealkylation sites (tertiary alicyclic amines) is 1. The van der Waals surface area contributed by atoms with Crippen LogP contribution in [0.5, 0.6) is 0 Å². The number of para-hydroxylation sites is 1. The third kappa shape index (κ3) is 4.39. The van der Waals surface area contributed by atoms with E-state index in [0.29, 0.717) is 6.04 Å². The molecule has 0 radical (unpaired) electrons. The largest absolute Gasteiger partial charge is 0.460 e. The number of anilines is 1. The first-order chi connectivity index (χ1) is 13.7. The highest BCUT2D eigenvalue weighted by molar-refractivity contribution is 5.90. The number of fused-ring (bicyclic) bond motifs is 1. The number of hydroxylamine groups is 1. The maximum absolute atomic E-state index is 11.0. The fourth-order valence-corrected chi connectivity index (χ4v) is 3.44. The number of amides is 1. The van der Waals surface area contributed by atoms with Gasteiger partial charge < -0.3 is 9.73 Å². The van der Waals surface area contributed by atoms with E-state index in [4.69, 9.17) is 9.62 Å². The third-order valence-electron chi connectivity index (χ3n) is 4.80. The van der Waals surface area contributed by atoms with Gasteiger partial charge in [-0.2, -0.15) is 0 Å². The fraction of sp³-hybridized carbons (Fsp3) is 0.238. The maximum Gasteiger partial charge on any atom is 0.267 e. The summed E-state index contributed by atoms with van der Waals surface area (Å²) in [5.41, 5.74) is 3.27. The molecule has 3 heterocycles. The number of aromatic nitrogens is 1. The topological polar surface area (TPSA) is 90.6 Å². The molecule has 1 aliphatic heterocycles. The Morgan fingerprint density at radius 3 is 3.00 bits per heavy atom. The van der Waals surface area contributed by atoms with Gasteiger partial charge in [-0.05, 0) is 42.3 Å². The molecule has 1 aliphatic rings. The molecule has 0 bridgehead atoms. The molecule has 7 heteroatoms. The van der Waals surface area contributed by atoms with Crippen molar-refractivity contribution in [2.24, 2.45) is 0 Å². The number of carbonyl (C=O) groups is 1. The highest BCUT2D eigenvalue weighted by atomic mass is 16.5. The zero-order valence-electron chi connectivity index (χ0n) is 15.3. The van der Waals surface area contributed by atoms with Gasteiger partial charge in [0.15, 0.2) is 0 Å². The Hall–Kier alpha value is -3.16. The van der Waals surface area contributed by atoms with Crippen LogP contribution in [0.25, 0.3) is 17.0 Å². The molecule has 1 fully saturated rings. The van der Waals surface area contributed by atoms with E-state index in [1.807, 2.05) is 30.3 Å². The molecule has 1 amide bonds. The minimum atomic E-state index is -0.572. The summed E-state index contributed by atoms with van der Waals surface area (Å²) in [6.07, 6.45) is 5.56. The molecule has 0 unspecified atom stereocenters. The van der Waals surface area contributed by atoms with Crippen LogP contribution in [-0.4, -0.2) is 40.1 Å². The highest BCUT2D eigenvalue weighted by Crippen LogP contribution is 2.22. The zero-order chi connectivity index (χ0) is 19.3. The van der Waals surface area contributed by atoms with Crippen molar-refractivity contribution in [2.75, 3.05) is 18.4 Å². The summed E-state index contributed by atoms with van der Waals surface area (Å²) in [4.78, 5) is 17.8. The van der Waals surface area contributed by atoms with Crippen molar-refractivity contribution in [2.45, 2.75) is 19.0 Å². The van der Waals surface area contributed by atoms with Gasteiger partial charge in [0.05, 0.1) is 6.54 Å². The molecule has 0 saturated carbocycles. The molecule has 4 rings (SSSR count). The second kappa shape index (κ2) is 8.24. The van der Waals surface area contributed by atoms with Gasteiger partial charge in [-0.25, -0.2) is 10.5 Å². The first kappa shape index (κ1) is 18.2. The van der Waals surface area contributed by atoms with E-state index in [9.17, 15) is 4.79 Å². The zero-order valence-corrected chi connectivity index (χ0v) is 15.3. The smallest absolute Gasteiger partial charge is 0.267 e. The molecule has 0 aliphatic carbocycles. The van der Waals surface area contributed by atoms with Gasteiger partial charge in [0.2, 0.25) is 0 Å². The molecule has 2 aromatic heterocycles.